The van der Waals surface area contributed by atoms with E-state index in [0.717, 1.165) is 6.20 Å². The van der Waals surface area contributed by atoms with Gasteiger partial charge in [-0.1, -0.05) is 6.07 Å². The van der Waals surface area contributed by atoms with Crippen molar-refractivity contribution in [3.63, 3.8) is 0 Å². The summed E-state index contributed by atoms with van der Waals surface area (Å²) >= 11 is 0. The molecule has 1 aliphatic rings. The number of aromatic nitrogens is 2. The standard InChI is InChI=1S/C19H16N4O6/c24-16-14(19(27)28)10-23-15(17(16)25)18(26)21(9-13-5-3-7-29-13)11-22(23)8-12-4-1-2-6-20-12/h1-7,10,25H,8-9,11H2,(H,27,28). The smallest absolute Gasteiger partial charge is 0.341 e. The lowest BCUT2D eigenvalue weighted by Crippen LogP contribution is -2.53. The van der Waals surface area contributed by atoms with Gasteiger partial charge in [0.2, 0.25) is 5.43 Å². The molecule has 4 rings (SSSR count). The molecule has 3 aromatic rings. The number of aromatic hydroxyl groups is 1. The van der Waals surface area contributed by atoms with Gasteiger partial charge in [-0.25, -0.2) is 4.79 Å². The van der Waals surface area contributed by atoms with E-state index < -0.39 is 28.6 Å². The summed E-state index contributed by atoms with van der Waals surface area (Å²) in [7, 11) is 0. The summed E-state index contributed by atoms with van der Waals surface area (Å²) in [4.78, 5) is 42.3. The van der Waals surface area contributed by atoms with E-state index in [4.69, 9.17) is 4.42 Å². The molecule has 0 saturated carbocycles. The van der Waals surface area contributed by atoms with Crippen LogP contribution in [0.5, 0.6) is 5.75 Å². The Morgan fingerprint density at radius 3 is 2.66 bits per heavy atom. The Hall–Kier alpha value is -4.08. The third-order valence-corrected chi connectivity index (χ3v) is 4.52. The predicted molar refractivity (Wildman–Crippen MR) is 98.9 cm³/mol. The Morgan fingerprint density at radius 2 is 2.00 bits per heavy atom. The summed E-state index contributed by atoms with van der Waals surface area (Å²) < 4.78 is 6.50. The van der Waals surface area contributed by atoms with E-state index in [1.165, 1.54) is 15.8 Å². The van der Waals surface area contributed by atoms with Crippen LogP contribution in [-0.4, -0.2) is 43.3 Å². The SMILES string of the molecule is O=C(O)c1cn2c(c(O)c1=O)C(=O)N(Cc1ccco1)CN2Cc1ccccn1. The van der Waals surface area contributed by atoms with Crippen molar-refractivity contribution in [2.45, 2.75) is 13.1 Å². The van der Waals surface area contributed by atoms with E-state index in [-0.39, 0.29) is 25.5 Å². The molecule has 0 aliphatic carbocycles. The summed E-state index contributed by atoms with van der Waals surface area (Å²) in [5, 5.41) is 21.3. The second-order valence-electron chi connectivity index (χ2n) is 6.43. The fourth-order valence-corrected chi connectivity index (χ4v) is 3.16. The second kappa shape index (κ2) is 7.15. The van der Waals surface area contributed by atoms with Crippen LogP contribution >= 0.6 is 0 Å². The van der Waals surface area contributed by atoms with Crippen LogP contribution in [0.2, 0.25) is 0 Å². The Bertz CT molecular complexity index is 1120. The Labute approximate surface area is 163 Å². The van der Waals surface area contributed by atoms with Crippen LogP contribution in [-0.2, 0) is 13.1 Å². The normalized spacial score (nSPS) is 13.4. The van der Waals surface area contributed by atoms with Crippen LogP contribution in [0.25, 0.3) is 0 Å². The van der Waals surface area contributed by atoms with Gasteiger partial charge in [0.15, 0.2) is 11.4 Å². The maximum Gasteiger partial charge on any atom is 0.341 e. The minimum absolute atomic E-state index is 0.0600. The van der Waals surface area contributed by atoms with Crippen LogP contribution in [0.3, 0.4) is 0 Å². The number of hydrogen-bond donors (Lipinski definition) is 2. The monoisotopic (exact) mass is 396 g/mol. The van der Waals surface area contributed by atoms with Crippen LogP contribution in [0.1, 0.15) is 32.3 Å². The average molecular weight is 396 g/mol. The molecule has 0 spiro atoms. The van der Waals surface area contributed by atoms with Gasteiger partial charge in [0.1, 0.15) is 18.0 Å². The number of amides is 1. The highest BCUT2D eigenvalue weighted by molar-refractivity contribution is 5.97. The van der Waals surface area contributed by atoms with E-state index >= 15 is 0 Å². The van der Waals surface area contributed by atoms with Crippen LogP contribution in [0.15, 0.2) is 58.2 Å². The molecule has 0 radical (unpaired) electrons. The first-order chi connectivity index (χ1) is 14.0. The molecule has 10 nitrogen and oxygen atoms in total. The van der Waals surface area contributed by atoms with Gasteiger partial charge < -0.3 is 19.5 Å². The summed E-state index contributed by atoms with van der Waals surface area (Å²) in [5.41, 5.74) is -1.41. The van der Waals surface area contributed by atoms with E-state index in [9.17, 15) is 24.6 Å². The van der Waals surface area contributed by atoms with Crippen LogP contribution < -0.4 is 10.4 Å². The number of nitrogens with zero attached hydrogens (tertiary/aromatic N) is 4. The molecular weight excluding hydrogens is 380 g/mol. The van der Waals surface area contributed by atoms with Crippen molar-refractivity contribution in [2.75, 3.05) is 11.7 Å². The van der Waals surface area contributed by atoms with Gasteiger partial charge in [0.05, 0.1) is 25.0 Å². The lowest BCUT2D eigenvalue weighted by molar-refractivity contribution is 0.0644. The fourth-order valence-electron chi connectivity index (χ4n) is 3.16. The minimum Gasteiger partial charge on any atom is -0.502 e. The Kier molecular flexibility index (Phi) is 4.51. The fraction of sp³-hybridized carbons (Fsp3) is 0.158. The largest absolute Gasteiger partial charge is 0.502 e. The van der Waals surface area contributed by atoms with Gasteiger partial charge in [-0.15, -0.1) is 0 Å². The first kappa shape index (κ1) is 18.3. The number of pyridine rings is 2. The molecule has 0 atom stereocenters. The molecule has 0 saturated heterocycles. The number of fused-ring (bicyclic) bond motifs is 1. The zero-order chi connectivity index (χ0) is 20.5. The molecule has 0 fully saturated rings. The Morgan fingerprint density at radius 1 is 1.17 bits per heavy atom. The van der Waals surface area contributed by atoms with Gasteiger partial charge in [-0.3, -0.25) is 24.3 Å². The summed E-state index contributed by atoms with van der Waals surface area (Å²) in [6, 6.07) is 8.71. The van der Waals surface area contributed by atoms with Gasteiger partial charge in [0.25, 0.3) is 5.91 Å². The zero-order valence-electron chi connectivity index (χ0n) is 15.1. The summed E-state index contributed by atoms with van der Waals surface area (Å²) in [6.07, 6.45) is 4.13. The van der Waals surface area contributed by atoms with Crippen molar-refractivity contribution in [1.29, 1.82) is 0 Å². The molecule has 10 heteroatoms. The maximum absolute atomic E-state index is 13.0. The molecule has 1 amide bonds. The molecule has 29 heavy (non-hydrogen) atoms. The number of rotatable bonds is 5. The molecular formula is C19H16N4O6. The Balaban J connectivity index is 1.82. The molecule has 2 N–H and O–H groups in total. The van der Waals surface area contributed by atoms with Crippen LogP contribution in [0, 0.1) is 0 Å². The van der Waals surface area contributed by atoms with Crippen molar-refractivity contribution in [3.05, 3.63) is 81.9 Å². The van der Waals surface area contributed by atoms with Crippen molar-refractivity contribution >= 4 is 11.9 Å². The third-order valence-electron chi connectivity index (χ3n) is 4.52. The van der Waals surface area contributed by atoms with Crippen LogP contribution in [0.4, 0.5) is 0 Å². The van der Waals surface area contributed by atoms with Crippen molar-refractivity contribution < 1.29 is 24.2 Å². The molecule has 0 bridgehead atoms. The average Bonchev–Trinajstić information content (AvgIpc) is 3.21. The minimum atomic E-state index is -1.50. The molecule has 4 heterocycles. The predicted octanol–water partition coefficient (Wildman–Crippen LogP) is 0.992. The first-order valence-electron chi connectivity index (χ1n) is 8.64. The van der Waals surface area contributed by atoms with E-state index in [1.807, 2.05) is 0 Å². The quantitative estimate of drug-likeness (QED) is 0.653. The van der Waals surface area contributed by atoms with Gasteiger partial charge in [0, 0.05) is 12.4 Å². The number of hydrogen-bond acceptors (Lipinski definition) is 7. The zero-order valence-corrected chi connectivity index (χ0v) is 15.1. The van der Waals surface area contributed by atoms with Gasteiger partial charge in [-0.2, -0.15) is 0 Å². The molecule has 0 unspecified atom stereocenters. The number of carboxylic acids is 1. The van der Waals surface area contributed by atoms with E-state index in [0.29, 0.717) is 11.5 Å². The second-order valence-corrected chi connectivity index (χ2v) is 6.43. The first-order valence-corrected chi connectivity index (χ1v) is 8.64. The molecule has 3 aromatic heterocycles. The highest BCUT2D eigenvalue weighted by Crippen LogP contribution is 2.23. The lowest BCUT2D eigenvalue weighted by atomic mass is 10.2. The van der Waals surface area contributed by atoms with Crippen molar-refractivity contribution in [2.24, 2.45) is 0 Å². The lowest BCUT2D eigenvalue weighted by Gasteiger charge is -2.39. The number of furan rings is 1. The molecule has 0 aromatic carbocycles. The topological polar surface area (TPSA) is 129 Å². The highest BCUT2D eigenvalue weighted by atomic mass is 16.4. The number of carboxylic acid groups (broad SMARTS) is 1. The van der Waals surface area contributed by atoms with Gasteiger partial charge in [-0.05, 0) is 24.3 Å². The number of aromatic carboxylic acids is 1. The highest BCUT2D eigenvalue weighted by Gasteiger charge is 2.34. The van der Waals surface area contributed by atoms with Crippen molar-refractivity contribution in [1.82, 2.24) is 14.6 Å². The van der Waals surface area contributed by atoms with E-state index in [1.54, 1.807) is 41.5 Å². The number of carbonyl (C=O) groups excluding carboxylic acids is 1. The molecule has 1 aliphatic heterocycles. The van der Waals surface area contributed by atoms with Gasteiger partial charge >= 0.3 is 5.97 Å². The van der Waals surface area contributed by atoms with Crippen molar-refractivity contribution in [3.8, 4) is 5.75 Å². The molecule has 148 valence electrons. The number of carbonyl (C=O) groups is 2. The summed E-state index contributed by atoms with van der Waals surface area (Å²) in [6.45, 7) is 0.375. The maximum atomic E-state index is 13.0. The third kappa shape index (κ3) is 3.31. The summed E-state index contributed by atoms with van der Waals surface area (Å²) in [5.74, 6) is -2.51. The van der Waals surface area contributed by atoms with E-state index in [2.05, 4.69) is 4.98 Å².